The summed E-state index contributed by atoms with van der Waals surface area (Å²) in [7, 11) is 3.49. The van der Waals surface area contributed by atoms with Gasteiger partial charge in [0, 0.05) is 37.6 Å². The first kappa shape index (κ1) is 41.8. The second-order valence-electron chi connectivity index (χ2n) is 11.9. The zero-order valence-corrected chi connectivity index (χ0v) is 31.7. The average molecular weight is 724 g/mol. The summed E-state index contributed by atoms with van der Waals surface area (Å²) in [5.41, 5.74) is 5.16. The summed E-state index contributed by atoms with van der Waals surface area (Å²) in [6, 6.07) is 19.5. The molecule has 1 unspecified atom stereocenters. The van der Waals surface area contributed by atoms with E-state index in [-0.39, 0.29) is 18.5 Å². The topological polar surface area (TPSA) is 138 Å². The van der Waals surface area contributed by atoms with Crippen LogP contribution in [-0.2, 0) is 22.7 Å². The molecule has 4 N–H and O–H groups in total. The van der Waals surface area contributed by atoms with Gasteiger partial charge in [0.05, 0.1) is 27.6 Å². The molecule has 1 atom stereocenters. The van der Waals surface area contributed by atoms with Crippen molar-refractivity contribution in [2.45, 2.75) is 72.1 Å². The molecule has 0 aliphatic rings. The van der Waals surface area contributed by atoms with Gasteiger partial charge in [0.15, 0.2) is 0 Å². The minimum atomic E-state index is -0.658. The van der Waals surface area contributed by atoms with Crippen molar-refractivity contribution in [3.05, 3.63) is 104 Å². The van der Waals surface area contributed by atoms with Gasteiger partial charge >= 0.3 is 12.1 Å². The van der Waals surface area contributed by atoms with Crippen LogP contribution in [0, 0.1) is 13.8 Å². The number of nitrogens with one attached hydrogen (secondary N) is 4. The molecule has 0 saturated heterocycles. The molecule has 0 aliphatic carbocycles. The zero-order chi connectivity index (χ0) is 36.6. The number of aromatic nitrogens is 2. The maximum absolute atomic E-state index is 12.7. The van der Waals surface area contributed by atoms with Crippen molar-refractivity contribution in [2.75, 3.05) is 33.7 Å². The van der Waals surface area contributed by atoms with Crippen molar-refractivity contribution in [2.24, 2.45) is 0 Å². The van der Waals surface area contributed by atoms with Crippen molar-refractivity contribution in [3.63, 3.8) is 0 Å². The van der Waals surface area contributed by atoms with E-state index in [1.807, 2.05) is 41.8 Å². The number of hydrogen-bond donors (Lipinski definition) is 4. The molecule has 11 nitrogen and oxygen atoms in total. The van der Waals surface area contributed by atoms with Gasteiger partial charge in [-0.05, 0) is 46.7 Å². The van der Waals surface area contributed by atoms with Crippen LogP contribution in [0.5, 0.6) is 0 Å². The zero-order valence-electron chi connectivity index (χ0n) is 30.1. The second-order valence-corrected chi connectivity index (χ2v) is 13.7. The molecule has 50 heavy (non-hydrogen) atoms. The van der Waals surface area contributed by atoms with E-state index in [0.29, 0.717) is 51.4 Å². The molecule has 2 aromatic carbocycles. The third kappa shape index (κ3) is 18.4. The minimum Gasteiger partial charge on any atom is -0.444 e. The molecule has 13 heteroatoms. The molecule has 2 aromatic heterocycles. The largest absolute Gasteiger partial charge is 0.444 e. The first-order valence-electron chi connectivity index (χ1n) is 16.8. The Morgan fingerprint density at radius 1 is 0.880 bits per heavy atom. The van der Waals surface area contributed by atoms with Crippen LogP contribution >= 0.6 is 22.7 Å². The van der Waals surface area contributed by atoms with Gasteiger partial charge < -0.3 is 30.9 Å². The number of carbonyl (C=O) groups excluding carboxylic acids is 3. The first-order chi connectivity index (χ1) is 24.1. The highest BCUT2D eigenvalue weighted by Gasteiger charge is 2.22. The number of alkyl carbamates (subject to hydrolysis) is 1. The molecule has 4 aromatic rings. The van der Waals surface area contributed by atoms with Crippen LogP contribution in [-0.4, -0.2) is 72.7 Å². The number of hydrogen-bond acceptors (Lipinski definition) is 9. The number of benzene rings is 2. The molecule has 0 spiro atoms. The van der Waals surface area contributed by atoms with Gasteiger partial charge in [-0.25, -0.2) is 14.6 Å². The van der Waals surface area contributed by atoms with E-state index in [0.717, 1.165) is 15.6 Å². The van der Waals surface area contributed by atoms with Gasteiger partial charge in [-0.3, -0.25) is 9.78 Å². The average Bonchev–Trinajstić information content (AvgIpc) is 3.81. The smallest absolute Gasteiger partial charge is 0.407 e. The molecular weight excluding hydrogens is 671 g/mol. The normalized spacial score (nSPS) is 10.9. The molecular formula is C37H53N7O4S2. The number of rotatable bonds is 15. The van der Waals surface area contributed by atoms with Crippen molar-refractivity contribution >= 4 is 40.7 Å². The maximum Gasteiger partial charge on any atom is 0.407 e. The number of nitrogens with zero attached hydrogens (tertiary/aromatic N) is 3. The quantitative estimate of drug-likeness (QED) is 0.101. The lowest BCUT2D eigenvalue weighted by molar-refractivity contribution is -0.123. The number of urea groups is 1. The summed E-state index contributed by atoms with van der Waals surface area (Å²) < 4.78 is 5.10. The van der Waals surface area contributed by atoms with Crippen LogP contribution in [0.25, 0.3) is 0 Å². The fourth-order valence-electron chi connectivity index (χ4n) is 4.14. The summed E-state index contributed by atoms with van der Waals surface area (Å²) in [5, 5.41) is 14.4. The molecule has 0 radical (unpaired) electrons. The van der Waals surface area contributed by atoms with E-state index in [9.17, 15) is 14.4 Å². The fraction of sp³-hybridized carbons (Fsp3) is 0.432. The van der Waals surface area contributed by atoms with Crippen LogP contribution in [0.15, 0.2) is 77.8 Å². The Labute approximate surface area is 305 Å². The third-order valence-electron chi connectivity index (χ3n) is 6.99. The van der Waals surface area contributed by atoms with E-state index < -0.39 is 12.1 Å². The highest BCUT2D eigenvalue weighted by atomic mass is 32.1. The van der Waals surface area contributed by atoms with Gasteiger partial charge in [0.1, 0.15) is 12.6 Å². The Kier molecular flexibility index (Phi) is 20.7. The predicted octanol–water partition coefficient (Wildman–Crippen LogP) is 6.66. The number of amides is 4. The third-order valence-corrected chi connectivity index (χ3v) is 8.94. The highest BCUT2D eigenvalue weighted by Crippen LogP contribution is 2.19. The van der Waals surface area contributed by atoms with Crippen LogP contribution in [0.4, 0.5) is 9.59 Å². The lowest BCUT2D eigenvalue weighted by atomic mass is 10.2. The Balaban J connectivity index is 0.000000505. The van der Waals surface area contributed by atoms with Crippen LogP contribution < -0.4 is 21.3 Å². The van der Waals surface area contributed by atoms with Crippen molar-refractivity contribution in [1.82, 2.24) is 36.1 Å². The summed E-state index contributed by atoms with van der Waals surface area (Å²) in [6.45, 7) is 10.4. The summed E-state index contributed by atoms with van der Waals surface area (Å²) in [6.07, 6.45) is 3.00. The molecule has 2 heterocycles. The number of aryl methyl sites for hydroxylation is 2. The van der Waals surface area contributed by atoms with Gasteiger partial charge in [0.2, 0.25) is 5.91 Å². The number of carbonyl (C=O) groups is 3. The second kappa shape index (κ2) is 24.7. The minimum absolute atomic E-state index is 0.199. The van der Waals surface area contributed by atoms with Crippen molar-refractivity contribution in [1.29, 1.82) is 0 Å². The van der Waals surface area contributed by atoms with E-state index >= 15 is 0 Å². The predicted molar refractivity (Wildman–Crippen MR) is 203 cm³/mol. The van der Waals surface area contributed by atoms with E-state index in [1.54, 1.807) is 37.1 Å². The van der Waals surface area contributed by atoms with Crippen LogP contribution in [0.3, 0.4) is 0 Å². The lowest BCUT2D eigenvalue weighted by Crippen LogP contribution is -2.51. The molecule has 0 saturated carbocycles. The summed E-state index contributed by atoms with van der Waals surface area (Å²) >= 11 is 3.01. The van der Waals surface area contributed by atoms with Gasteiger partial charge in [-0.2, -0.15) is 0 Å². The van der Waals surface area contributed by atoms with E-state index in [4.69, 9.17) is 4.74 Å². The van der Waals surface area contributed by atoms with Crippen molar-refractivity contribution in [3.8, 4) is 0 Å². The Morgan fingerprint density at radius 2 is 1.50 bits per heavy atom. The Morgan fingerprint density at radius 3 is 2.00 bits per heavy atom. The monoisotopic (exact) mass is 723 g/mol. The molecule has 4 amide bonds. The SMILES string of the molecule is CNCCC(NC(=O)N(C)Cc1csc(C(C)C)n1)C(=O)NCCCCNC(=O)OCc1cncs1.Cc1ccccc1.Cc1ccccc1. The molecule has 0 aliphatic heterocycles. The van der Waals surface area contributed by atoms with E-state index in [2.05, 4.69) is 83.2 Å². The standard InChI is InChI=1S/C23H37N7O4S2.2C7H8/c1-16(2)21-28-17(14-35-21)12-30(4)22(32)29-19(7-10-24-3)20(31)26-8-5-6-9-27-23(33)34-13-18-11-25-15-36-18;2*1-7-5-3-2-4-6-7/h11,14-16,19,24H,5-10,12-13H2,1-4H3,(H,26,31)(H,27,33)(H,29,32);2*2-6H,1H3. The van der Waals surface area contributed by atoms with E-state index in [1.165, 1.54) is 27.4 Å². The molecule has 0 fully saturated rings. The number of ether oxygens (including phenoxy) is 1. The first-order valence-corrected chi connectivity index (χ1v) is 18.5. The van der Waals surface area contributed by atoms with Crippen molar-refractivity contribution < 1.29 is 19.1 Å². The highest BCUT2D eigenvalue weighted by molar-refractivity contribution is 7.09. The number of thiazole rings is 2. The molecule has 0 bridgehead atoms. The Bertz CT molecular complexity index is 1450. The molecule has 272 valence electrons. The summed E-state index contributed by atoms with van der Waals surface area (Å²) in [5.74, 6) is 0.107. The molecule has 4 rings (SSSR count). The summed E-state index contributed by atoms with van der Waals surface area (Å²) in [4.78, 5) is 48.0. The van der Waals surface area contributed by atoms with Gasteiger partial charge in [0.25, 0.3) is 0 Å². The number of unbranched alkanes of at least 4 members (excludes halogenated alkanes) is 1. The Hall–Kier alpha value is -4.33. The fourth-order valence-corrected chi connectivity index (χ4v) is 5.47. The lowest BCUT2D eigenvalue weighted by Gasteiger charge is -2.23. The van der Waals surface area contributed by atoms with Crippen LogP contribution in [0.1, 0.15) is 65.7 Å². The van der Waals surface area contributed by atoms with Gasteiger partial charge in [-0.15, -0.1) is 22.7 Å². The van der Waals surface area contributed by atoms with Crippen LogP contribution in [0.2, 0.25) is 0 Å². The maximum atomic E-state index is 12.7. The van der Waals surface area contributed by atoms with Gasteiger partial charge in [-0.1, -0.05) is 85.6 Å².